The molecule has 34 heavy (non-hydrogen) atoms. The molecule has 0 aliphatic carbocycles. The largest absolute Gasteiger partial charge is 0.383 e. The van der Waals surface area contributed by atoms with E-state index in [9.17, 15) is 9.59 Å². The van der Waals surface area contributed by atoms with Gasteiger partial charge in [-0.1, -0.05) is 13.0 Å². The Hall–Kier alpha value is -3.69. The zero-order valence-electron chi connectivity index (χ0n) is 19.7. The number of amides is 2. The van der Waals surface area contributed by atoms with Crippen molar-refractivity contribution in [3.8, 4) is 0 Å². The maximum absolute atomic E-state index is 13.4. The molecule has 3 rings (SSSR count). The lowest BCUT2D eigenvalue weighted by Gasteiger charge is -2.27. The van der Waals surface area contributed by atoms with E-state index >= 15 is 0 Å². The van der Waals surface area contributed by atoms with Crippen LogP contribution >= 0.6 is 0 Å². The van der Waals surface area contributed by atoms with Crippen LogP contribution in [0.5, 0.6) is 0 Å². The van der Waals surface area contributed by atoms with Crippen molar-refractivity contribution in [1.29, 1.82) is 0 Å². The van der Waals surface area contributed by atoms with Gasteiger partial charge < -0.3 is 9.47 Å². The summed E-state index contributed by atoms with van der Waals surface area (Å²) in [7, 11) is 3.15. The van der Waals surface area contributed by atoms with Crippen molar-refractivity contribution in [2.45, 2.75) is 13.3 Å². The molecular formula is C25H29N5O4. The lowest BCUT2D eigenvalue weighted by molar-refractivity contribution is 0.0969. The van der Waals surface area contributed by atoms with Gasteiger partial charge in [0.05, 0.1) is 37.4 Å². The van der Waals surface area contributed by atoms with Crippen molar-refractivity contribution >= 4 is 23.5 Å². The minimum Gasteiger partial charge on any atom is -0.383 e. The zero-order valence-corrected chi connectivity index (χ0v) is 19.7. The number of aromatic nitrogens is 3. The predicted octanol–water partition coefficient (Wildman–Crippen LogP) is 3.02. The Bertz CT molecular complexity index is 1080. The standard InChI is InChI=1S/C25H29N5O4/c1-4-19-9-10-22(29(13-15-33-2)24(31)20-7-5-11-26-17-20)28-23(19)30(14-16-34-3)25(32)21-8-6-12-27-18-21/h5-12,17-18H,4,13-16H2,1-3H3. The van der Waals surface area contributed by atoms with Gasteiger partial charge in [-0.15, -0.1) is 0 Å². The average Bonchev–Trinajstić information content (AvgIpc) is 2.90. The van der Waals surface area contributed by atoms with E-state index in [1.54, 1.807) is 61.8 Å². The first-order valence-electron chi connectivity index (χ1n) is 11.0. The molecule has 3 aromatic rings. The highest BCUT2D eigenvalue weighted by atomic mass is 16.5. The van der Waals surface area contributed by atoms with Gasteiger partial charge in [0.15, 0.2) is 0 Å². The predicted molar refractivity (Wildman–Crippen MR) is 129 cm³/mol. The number of carbonyl (C=O) groups is 2. The van der Waals surface area contributed by atoms with Crippen LogP contribution in [0.2, 0.25) is 0 Å². The number of hydrogen-bond acceptors (Lipinski definition) is 7. The highest BCUT2D eigenvalue weighted by molar-refractivity contribution is 6.07. The number of aryl methyl sites for hydroxylation is 1. The van der Waals surface area contributed by atoms with Crippen LogP contribution in [0.3, 0.4) is 0 Å². The van der Waals surface area contributed by atoms with Gasteiger partial charge in [-0.2, -0.15) is 0 Å². The zero-order chi connectivity index (χ0) is 24.3. The molecule has 0 saturated carbocycles. The molecule has 3 aromatic heterocycles. The fourth-order valence-electron chi connectivity index (χ4n) is 3.41. The number of ether oxygens (including phenoxy) is 2. The van der Waals surface area contributed by atoms with Crippen molar-refractivity contribution in [1.82, 2.24) is 15.0 Å². The Balaban J connectivity index is 2.06. The number of rotatable bonds is 11. The summed E-state index contributed by atoms with van der Waals surface area (Å²) in [5.74, 6) is 0.396. The van der Waals surface area contributed by atoms with Crippen molar-refractivity contribution < 1.29 is 19.1 Å². The highest BCUT2D eigenvalue weighted by Gasteiger charge is 2.25. The summed E-state index contributed by atoms with van der Waals surface area (Å²) in [6, 6.07) is 10.5. The number of anilines is 2. The second-order valence-electron chi connectivity index (χ2n) is 7.39. The third kappa shape index (κ3) is 6.00. The Kier molecular flexibility index (Phi) is 9.19. The van der Waals surface area contributed by atoms with Gasteiger partial charge >= 0.3 is 0 Å². The van der Waals surface area contributed by atoms with Crippen molar-refractivity contribution in [2.75, 3.05) is 50.3 Å². The molecule has 2 amide bonds. The first-order valence-corrected chi connectivity index (χ1v) is 11.0. The second kappa shape index (κ2) is 12.5. The summed E-state index contributed by atoms with van der Waals surface area (Å²) in [6.07, 6.45) is 6.92. The van der Waals surface area contributed by atoms with E-state index in [1.165, 1.54) is 17.3 Å². The fraction of sp³-hybridized carbons (Fsp3) is 0.320. The summed E-state index contributed by atoms with van der Waals surface area (Å²) < 4.78 is 10.5. The molecule has 0 saturated heterocycles. The second-order valence-corrected chi connectivity index (χ2v) is 7.39. The van der Waals surface area contributed by atoms with E-state index in [-0.39, 0.29) is 18.4 Å². The lowest BCUT2D eigenvalue weighted by Crippen LogP contribution is -2.37. The quantitative estimate of drug-likeness (QED) is 0.431. The van der Waals surface area contributed by atoms with Gasteiger partial charge in [0.25, 0.3) is 11.8 Å². The first-order chi connectivity index (χ1) is 16.6. The van der Waals surface area contributed by atoms with Crippen LogP contribution in [0.25, 0.3) is 0 Å². The third-order valence-electron chi connectivity index (χ3n) is 5.20. The van der Waals surface area contributed by atoms with E-state index in [4.69, 9.17) is 14.5 Å². The van der Waals surface area contributed by atoms with Crippen LogP contribution in [0.4, 0.5) is 11.6 Å². The minimum absolute atomic E-state index is 0.244. The molecule has 0 N–H and O–H groups in total. The topological polar surface area (TPSA) is 97.8 Å². The van der Waals surface area contributed by atoms with E-state index in [0.29, 0.717) is 48.9 Å². The number of pyridine rings is 3. The van der Waals surface area contributed by atoms with E-state index < -0.39 is 0 Å². The monoisotopic (exact) mass is 463 g/mol. The van der Waals surface area contributed by atoms with Crippen LogP contribution in [0.15, 0.2) is 61.2 Å². The summed E-state index contributed by atoms with van der Waals surface area (Å²) in [4.78, 5) is 42.7. The number of hydrogen-bond donors (Lipinski definition) is 0. The van der Waals surface area contributed by atoms with Crippen LogP contribution < -0.4 is 9.80 Å². The average molecular weight is 464 g/mol. The molecule has 0 bridgehead atoms. The molecule has 9 heteroatoms. The molecule has 3 heterocycles. The maximum atomic E-state index is 13.4. The van der Waals surface area contributed by atoms with Crippen LogP contribution in [-0.4, -0.2) is 67.3 Å². The molecular weight excluding hydrogens is 434 g/mol. The fourth-order valence-corrected chi connectivity index (χ4v) is 3.41. The molecule has 0 aromatic carbocycles. The van der Waals surface area contributed by atoms with E-state index in [1.807, 2.05) is 13.0 Å². The molecule has 0 radical (unpaired) electrons. The smallest absolute Gasteiger partial charge is 0.261 e. The van der Waals surface area contributed by atoms with Gasteiger partial charge in [0, 0.05) is 39.0 Å². The molecule has 0 fully saturated rings. The van der Waals surface area contributed by atoms with Crippen molar-refractivity contribution in [3.05, 3.63) is 77.9 Å². The van der Waals surface area contributed by atoms with E-state index in [2.05, 4.69) is 9.97 Å². The molecule has 9 nitrogen and oxygen atoms in total. The number of nitrogens with zero attached hydrogens (tertiary/aromatic N) is 5. The Labute approximate surface area is 199 Å². The summed E-state index contributed by atoms with van der Waals surface area (Å²) >= 11 is 0. The van der Waals surface area contributed by atoms with E-state index in [0.717, 1.165) is 5.56 Å². The normalized spacial score (nSPS) is 10.7. The molecule has 0 unspecified atom stereocenters. The SMILES string of the molecule is CCc1ccc(N(CCOC)C(=O)c2cccnc2)nc1N(CCOC)C(=O)c1cccnc1. The number of carbonyl (C=O) groups excluding carboxylic acids is 2. The molecule has 0 aliphatic heterocycles. The van der Waals surface area contributed by atoms with Crippen LogP contribution in [0, 0.1) is 0 Å². The first kappa shape index (κ1) is 24.9. The maximum Gasteiger partial charge on any atom is 0.261 e. The van der Waals surface area contributed by atoms with Gasteiger partial charge in [-0.3, -0.25) is 29.4 Å². The van der Waals surface area contributed by atoms with Gasteiger partial charge in [0.2, 0.25) is 0 Å². The van der Waals surface area contributed by atoms with Crippen molar-refractivity contribution in [2.24, 2.45) is 0 Å². The molecule has 0 aliphatic rings. The minimum atomic E-state index is -0.255. The van der Waals surface area contributed by atoms with Gasteiger partial charge in [0.1, 0.15) is 11.6 Å². The summed E-state index contributed by atoms with van der Waals surface area (Å²) in [5, 5.41) is 0. The Morgan fingerprint density at radius 1 is 0.824 bits per heavy atom. The Morgan fingerprint density at radius 2 is 1.38 bits per heavy atom. The third-order valence-corrected chi connectivity index (χ3v) is 5.20. The summed E-state index contributed by atoms with van der Waals surface area (Å²) in [5.41, 5.74) is 1.75. The molecule has 0 atom stereocenters. The highest BCUT2D eigenvalue weighted by Crippen LogP contribution is 2.26. The van der Waals surface area contributed by atoms with Crippen LogP contribution in [0.1, 0.15) is 33.2 Å². The number of methoxy groups -OCH3 is 2. The lowest BCUT2D eigenvalue weighted by atomic mass is 10.1. The van der Waals surface area contributed by atoms with Gasteiger partial charge in [-0.05, 0) is 42.3 Å². The van der Waals surface area contributed by atoms with Crippen LogP contribution in [-0.2, 0) is 15.9 Å². The van der Waals surface area contributed by atoms with Crippen molar-refractivity contribution in [3.63, 3.8) is 0 Å². The van der Waals surface area contributed by atoms with Gasteiger partial charge in [-0.25, -0.2) is 4.98 Å². The molecule has 0 spiro atoms. The molecule has 178 valence electrons. The summed E-state index contributed by atoms with van der Waals surface area (Å²) in [6.45, 7) is 3.22. The Morgan fingerprint density at radius 3 is 1.88 bits per heavy atom.